The molecule has 2 atom stereocenters. The van der Waals surface area contributed by atoms with Crippen LogP contribution in [0.1, 0.15) is 66.1 Å². The first-order valence-electron chi connectivity index (χ1n) is 11.5. The molecule has 1 heterocycles. The molecular weight excluding hydrogens is 388 g/mol. The molecule has 5 heteroatoms. The van der Waals surface area contributed by atoms with Crippen molar-refractivity contribution in [2.75, 3.05) is 13.2 Å². The van der Waals surface area contributed by atoms with Crippen LogP contribution in [-0.2, 0) is 16.1 Å². The predicted molar refractivity (Wildman–Crippen MR) is 120 cm³/mol. The minimum absolute atomic E-state index is 0.0288. The normalized spacial score (nSPS) is 21.5. The van der Waals surface area contributed by atoms with Gasteiger partial charge in [-0.2, -0.15) is 0 Å². The van der Waals surface area contributed by atoms with E-state index in [1.54, 1.807) is 0 Å². The standard InChI is InChI=1S/C26H32N2O3/c29-25(21-9-4-5-10-21)27-17-19-12-14-22(15-13-19)26(30)28-18-23-11-6-16-31-24(23)20-7-2-1-3-8-20/h1-3,7-8,12-15,21,23-24H,4-6,9-11,16-18H2,(H,27,29)(H,28,30). The molecule has 0 spiro atoms. The number of nitrogens with one attached hydrogen (secondary N) is 2. The van der Waals surface area contributed by atoms with Crippen LogP contribution < -0.4 is 10.6 Å². The lowest BCUT2D eigenvalue weighted by Gasteiger charge is -2.32. The van der Waals surface area contributed by atoms with Crippen molar-refractivity contribution in [1.82, 2.24) is 10.6 Å². The summed E-state index contributed by atoms with van der Waals surface area (Å²) in [6.45, 7) is 1.87. The lowest BCUT2D eigenvalue weighted by atomic mass is 9.89. The third-order valence-corrected chi connectivity index (χ3v) is 6.51. The maximum Gasteiger partial charge on any atom is 0.251 e. The maximum absolute atomic E-state index is 12.7. The average Bonchev–Trinajstić information content (AvgIpc) is 3.37. The van der Waals surface area contributed by atoms with Crippen LogP contribution in [0.5, 0.6) is 0 Å². The summed E-state index contributed by atoms with van der Waals surface area (Å²) in [6, 6.07) is 17.7. The van der Waals surface area contributed by atoms with Crippen LogP contribution in [0.25, 0.3) is 0 Å². The highest BCUT2D eigenvalue weighted by atomic mass is 16.5. The second kappa shape index (κ2) is 10.6. The molecule has 2 unspecified atom stereocenters. The zero-order valence-electron chi connectivity index (χ0n) is 18.0. The summed E-state index contributed by atoms with van der Waals surface area (Å²) < 4.78 is 6.03. The van der Waals surface area contributed by atoms with Gasteiger partial charge in [-0.1, -0.05) is 55.3 Å². The molecule has 0 aromatic heterocycles. The molecule has 31 heavy (non-hydrogen) atoms. The average molecular weight is 421 g/mol. The number of ether oxygens (including phenoxy) is 1. The fourth-order valence-corrected chi connectivity index (χ4v) is 4.68. The summed E-state index contributed by atoms with van der Waals surface area (Å²) in [5, 5.41) is 6.11. The first-order valence-corrected chi connectivity index (χ1v) is 11.5. The molecule has 2 fully saturated rings. The molecule has 2 aromatic rings. The predicted octanol–water partition coefficient (Wildman–Crippen LogP) is 4.39. The van der Waals surface area contributed by atoms with Crippen LogP contribution >= 0.6 is 0 Å². The number of benzene rings is 2. The summed E-state index contributed by atoms with van der Waals surface area (Å²) in [6.07, 6.45) is 6.40. The highest BCUT2D eigenvalue weighted by Crippen LogP contribution is 2.33. The molecule has 4 rings (SSSR count). The Balaban J connectivity index is 1.27. The molecule has 5 nitrogen and oxygen atoms in total. The highest BCUT2D eigenvalue weighted by molar-refractivity contribution is 5.94. The Bertz CT molecular complexity index is 860. The van der Waals surface area contributed by atoms with Gasteiger partial charge in [0, 0.05) is 37.1 Å². The molecule has 1 aliphatic heterocycles. The van der Waals surface area contributed by atoms with Gasteiger partial charge in [-0.05, 0) is 48.9 Å². The van der Waals surface area contributed by atoms with Crippen LogP contribution in [0.15, 0.2) is 54.6 Å². The minimum Gasteiger partial charge on any atom is -0.373 e. The van der Waals surface area contributed by atoms with Crippen molar-refractivity contribution in [1.29, 1.82) is 0 Å². The summed E-state index contributed by atoms with van der Waals surface area (Å²) in [4.78, 5) is 24.8. The number of hydrogen-bond donors (Lipinski definition) is 2. The summed E-state index contributed by atoms with van der Waals surface area (Å²) in [5.74, 6) is 0.527. The van der Waals surface area contributed by atoms with Crippen molar-refractivity contribution in [3.8, 4) is 0 Å². The summed E-state index contributed by atoms with van der Waals surface area (Å²) in [7, 11) is 0. The second-order valence-electron chi connectivity index (χ2n) is 8.71. The number of carbonyl (C=O) groups is 2. The summed E-state index contributed by atoms with van der Waals surface area (Å²) >= 11 is 0. The Morgan fingerprint density at radius 2 is 1.61 bits per heavy atom. The minimum atomic E-state index is -0.0704. The van der Waals surface area contributed by atoms with Crippen LogP contribution in [-0.4, -0.2) is 25.0 Å². The van der Waals surface area contributed by atoms with Gasteiger partial charge in [0.15, 0.2) is 0 Å². The van der Waals surface area contributed by atoms with E-state index in [0.717, 1.165) is 50.7 Å². The second-order valence-corrected chi connectivity index (χ2v) is 8.71. The van der Waals surface area contributed by atoms with Gasteiger partial charge >= 0.3 is 0 Å². The number of amides is 2. The van der Waals surface area contributed by atoms with Crippen molar-refractivity contribution in [2.24, 2.45) is 11.8 Å². The molecule has 1 saturated heterocycles. The molecule has 2 aromatic carbocycles. The van der Waals surface area contributed by atoms with Gasteiger partial charge in [0.25, 0.3) is 5.91 Å². The SMILES string of the molecule is O=C(NCC1CCCOC1c1ccccc1)c1ccc(CNC(=O)C2CCCC2)cc1. The molecule has 0 radical (unpaired) electrons. The topological polar surface area (TPSA) is 67.4 Å². The number of rotatable bonds is 7. The number of carbonyl (C=O) groups excluding carboxylic acids is 2. The number of hydrogen-bond acceptors (Lipinski definition) is 3. The van der Waals surface area contributed by atoms with Crippen molar-refractivity contribution >= 4 is 11.8 Å². The van der Waals surface area contributed by atoms with E-state index in [4.69, 9.17) is 4.74 Å². The van der Waals surface area contributed by atoms with Crippen molar-refractivity contribution in [2.45, 2.75) is 51.2 Å². The monoisotopic (exact) mass is 420 g/mol. The van der Waals surface area contributed by atoms with Crippen LogP contribution in [0.2, 0.25) is 0 Å². The first kappa shape index (κ1) is 21.6. The van der Waals surface area contributed by atoms with Gasteiger partial charge in [-0.3, -0.25) is 9.59 Å². The van der Waals surface area contributed by atoms with Gasteiger partial charge in [0.1, 0.15) is 0 Å². The molecule has 164 valence electrons. The first-order chi connectivity index (χ1) is 15.2. The van der Waals surface area contributed by atoms with E-state index >= 15 is 0 Å². The zero-order chi connectivity index (χ0) is 21.5. The van der Waals surface area contributed by atoms with Crippen molar-refractivity contribution in [3.63, 3.8) is 0 Å². The van der Waals surface area contributed by atoms with E-state index in [0.29, 0.717) is 18.7 Å². The van der Waals surface area contributed by atoms with E-state index in [-0.39, 0.29) is 29.8 Å². The van der Waals surface area contributed by atoms with E-state index in [2.05, 4.69) is 22.8 Å². The van der Waals surface area contributed by atoms with E-state index in [1.807, 2.05) is 42.5 Å². The lowest BCUT2D eigenvalue weighted by Crippen LogP contribution is -2.35. The highest BCUT2D eigenvalue weighted by Gasteiger charge is 2.27. The molecular formula is C26H32N2O3. The quantitative estimate of drug-likeness (QED) is 0.698. The largest absolute Gasteiger partial charge is 0.373 e. The molecule has 2 amide bonds. The van der Waals surface area contributed by atoms with Gasteiger partial charge in [-0.15, -0.1) is 0 Å². The van der Waals surface area contributed by atoms with E-state index in [1.165, 1.54) is 5.56 Å². The molecule has 1 aliphatic carbocycles. The Hall–Kier alpha value is -2.66. The van der Waals surface area contributed by atoms with Gasteiger partial charge in [0.05, 0.1) is 6.10 Å². The Morgan fingerprint density at radius 1 is 0.871 bits per heavy atom. The van der Waals surface area contributed by atoms with E-state index < -0.39 is 0 Å². The van der Waals surface area contributed by atoms with Crippen LogP contribution in [0, 0.1) is 11.8 Å². The molecule has 1 saturated carbocycles. The Kier molecular flexibility index (Phi) is 7.36. The van der Waals surface area contributed by atoms with Gasteiger partial charge < -0.3 is 15.4 Å². The van der Waals surface area contributed by atoms with Gasteiger partial charge in [-0.25, -0.2) is 0 Å². The molecule has 2 N–H and O–H groups in total. The smallest absolute Gasteiger partial charge is 0.251 e. The lowest BCUT2D eigenvalue weighted by molar-refractivity contribution is -0.124. The fourth-order valence-electron chi connectivity index (χ4n) is 4.68. The molecule has 0 bridgehead atoms. The van der Waals surface area contributed by atoms with Gasteiger partial charge in [0.2, 0.25) is 5.91 Å². The third kappa shape index (κ3) is 5.73. The Labute approximate surface area is 184 Å². The summed E-state index contributed by atoms with van der Waals surface area (Å²) in [5.41, 5.74) is 2.82. The Morgan fingerprint density at radius 3 is 2.35 bits per heavy atom. The van der Waals surface area contributed by atoms with Crippen molar-refractivity contribution < 1.29 is 14.3 Å². The fraction of sp³-hybridized carbons (Fsp3) is 0.462. The van der Waals surface area contributed by atoms with Crippen LogP contribution in [0.3, 0.4) is 0 Å². The molecule has 2 aliphatic rings. The van der Waals surface area contributed by atoms with E-state index in [9.17, 15) is 9.59 Å². The zero-order valence-corrected chi connectivity index (χ0v) is 18.0. The van der Waals surface area contributed by atoms with Crippen LogP contribution in [0.4, 0.5) is 0 Å². The van der Waals surface area contributed by atoms with Crippen molar-refractivity contribution in [3.05, 3.63) is 71.3 Å². The third-order valence-electron chi connectivity index (χ3n) is 6.51. The maximum atomic E-state index is 12.7.